The van der Waals surface area contributed by atoms with Gasteiger partial charge in [-0.3, -0.25) is 0 Å². The Hall–Kier alpha value is -0.180. The van der Waals surface area contributed by atoms with Crippen LogP contribution < -0.4 is 5.32 Å². The first-order chi connectivity index (χ1) is 7.21. The van der Waals surface area contributed by atoms with Gasteiger partial charge in [0.1, 0.15) is 0 Å². The van der Waals surface area contributed by atoms with Gasteiger partial charge in [0.15, 0.2) is 0 Å². The maximum atomic E-state index is 14.2. The van der Waals surface area contributed by atoms with E-state index >= 15 is 0 Å². The van der Waals surface area contributed by atoms with Gasteiger partial charge in [-0.05, 0) is 38.8 Å². The highest BCUT2D eigenvalue weighted by Gasteiger charge is 2.46. The van der Waals surface area contributed by atoms with Gasteiger partial charge in [-0.25, -0.2) is 8.78 Å². The molecule has 3 heteroatoms. The van der Waals surface area contributed by atoms with Crippen LogP contribution in [0.15, 0.2) is 0 Å². The predicted molar refractivity (Wildman–Crippen MR) is 57.1 cm³/mol. The molecule has 0 aromatic heterocycles. The largest absolute Gasteiger partial charge is 0.317 e. The van der Waals surface area contributed by atoms with E-state index in [-0.39, 0.29) is 11.8 Å². The Kier molecular flexibility index (Phi) is 3.60. The normalized spacial score (nSPS) is 26.8. The van der Waals surface area contributed by atoms with Gasteiger partial charge >= 0.3 is 0 Å². The molecule has 0 unspecified atom stereocenters. The minimum absolute atomic E-state index is 0.325. The van der Waals surface area contributed by atoms with Crippen LogP contribution >= 0.6 is 0 Å². The molecule has 1 saturated heterocycles. The SMILES string of the molecule is FC(F)(C1CCCCC1)C1CCNCC1. The van der Waals surface area contributed by atoms with Crippen molar-refractivity contribution in [3.8, 4) is 0 Å². The molecule has 0 atom stereocenters. The van der Waals surface area contributed by atoms with Gasteiger partial charge in [0, 0.05) is 11.8 Å². The van der Waals surface area contributed by atoms with Crippen LogP contribution in [0.2, 0.25) is 0 Å². The minimum Gasteiger partial charge on any atom is -0.317 e. The van der Waals surface area contributed by atoms with E-state index in [1.165, 1.54) is 0 Å². The molecule has 1 N–H and O–H groups in total. The van der Waals surface area contributed by atoms with Crippen LogP contribution in [0.4, 0.5) is 8.78 Å². The van der Waals surface area contributed by atoms with E-state index in [1.807, 2.05) is 0 Å². The molecule has 88 valence electrons. The zero-order valence-corrected chi connectivity index (χ0v) is 9.27. The zero-order valence-electron chi connectivity index (χ0n) is 9.27. The quantitative estimate of drug-likeness (QED) is 0.749. The van der Waals surface area contributed by atoms with Gasteiger partial charge in [0.2, 0.25) is 0 Å². The third-order valence-corrected chi connectivity index (χ3v) is 4.03. The second kappa shape index (κ2) is 4.77. The van der Waals surface area contributed by atoms with E-state index in [1.54, 1.807) is 0 Å². The molecular formula is C12H21F2N. The van der Waals surface area contributed by atoms with Crippen molar-refractivity contribution in [2.24, 2.45) is 11.8 Å². The number of halogens is 2. The first-order valence-corrected chi connectivity index (χ1v) is 6.30. The summed E-state index contributed by atoms with van der Waals surface area (Å²) in [5, 5.41) is 3.16. The Morgan fingerprint density at radius 2 is 1.33 bits per heavy atom. The first kappa shape index (κ1) is 11.3. The molecule has 2 rings (SSSR count). The number of alkyl halides is 2. The molecule has 0 aromatic carbocycles. The van der Waals surface area contributed by atoms with Crippen LogP contribution in [0.1, 0.15) is 44.9 Å². The Labute approximate surface area is 90.6 Å². The molecule has 0 radical (unpaired) electrons. The molecule has 0 amide bonds. The summed E-state index contributed by atoms with van der Waals surface area (Å²) in [5.74, 6) is -3.08. The molecule has 0 spiro atoms. The Bertz CT molecular complexity index is 174. The van der Waals surface area contributed by atoms with E-state index < -0.39 is 5.92 Å². The number of rotatable bonds is 2. The van der Waals surface area contributed by atoms with Gasteiger partial charge < -0.3 is 5.32 Å². The van der Waals surface area contributed by atoms with Crippen molar-refractivity contribution in [1.29, 1.82) is 0 Å². The van der Waals surface area contributed by atoms with Crippen molar-refractivity contribution in [3.63, 3.8) is 0 Å². The van der Waals surface area contributed by atoms with E-state index in [0.717, 1.165) is 45.2 Å². The van der Waals surface area contributed by atoms with E-state index in [4.69, 9.17) is 0 Å². The van der Waals surface area contributed by atoms with Crippen molar-refractivity contribution in [1.82, 2.24) is 5.32 Å². The predicted octanol–water partition coefficient (Wildman–Crippen LogP) is 3.20. The molecule has 1 saturated carbocycles. The topological polar surface area (TPSA) is 12.0 Å². The van der Waals surface area contributed by atoms with Crippen molar-refractivity contribution < 1.29 is 8.78 Å². The third kappa shape index (κ3) is 2.49. The standard InChI is InChI=1S/C12H21F2N/c13-12(14,10-4-2-1-3-5-10)11-6-8-15-9-7-11/h10-11,15H,1-9H2. The third-order valence-electron chi connectivity index (χ3n) is 4.03. The summed E-state index contributed by atoms with van der Waals surface area (Å²) < 4.78 is 28.3. The highest BCUT2D eigenvalue weighted by Crippen LogP contribution is 2.44. The Morgan fingerprint density at radius 3 is 1.93 bits per heavy atom. The molecule has 1 aliphatic heterocycles. The molecule has 0 bridgehead atoms. The van der Waals surface area contributed by atoms with Crippen LogP contribution in [-0.2, 0) is 0 Å². The van der Waals surface area contributed by atoms with E-state index in [9.17, 15) is 8.78 Å². The van der Waals surface area contributed by atoms with Crippen LogP contribution in [0.25, 0.3) is 0 Å². The summed E-state index contributed by atoms with van der Waals surface area (Å²) in [5.41, 5.74) is 0. The fourth-order valence-electron chi connectivity index (χ4n) is 3.03. The second-order valence-electron chi connectivity index (χ2n) is 5.03. The van der Waals surface area contributed by atoms with Crippen LogP contribution in [-0.4, -0.2) is 19.0 Å². The number of nitrogens with one attached hydrogen (secondary N) is 1. The van der Waals surface area contributed by atoms with Crippen LogP contribution in [0.5, 0.6) is 0 Å². The van der Waals surface area contributed by atoms with Crippen molar-refractivity contribution in [2.75, 3.05) is 13.1 Å². The molecular weight excluding hydrogens is 196 g/mol. The second-order valence-corrected chi connectivity index (χ2v) is 5.03. The van der Waals surface area contributed by atoms with Gasteiger partial charge in [-0.15, -0.1) is 0 Å². The lowest BCUT2D eigenvalue weighted by Gasteiger charge is -2.37. The summed E-state index contributed by atoms with van der Waals surface area (Å²) in [4.78, 5) is 0. The summed E-state index contributed by atoms with van der Waals surface area (Å²) in [6.07, 6.45) is 5.97. The molecule has 2 aliphatic rings. The number of hydrogen-bond donors (Lipinski definition) is 1. The van der Waals surface area contributed by atoms with Crippen LogP contribution in [0, 0.1) is 11.8 Å². The molecule has 1 aliphatic carbocycles. The van der Waals surface area contributed by atoms with Crippen molar-refractivity contribution in [3.05, 3.63) is 0 Å². The lowest BCUT2D eigenvalue weighted by molar-refractivity contribution is -0.126. The lowest BCUT2D eigenvalue weighted by atomic mass is 9.77. The van der Waals surface area contributed by atoms with Gasteiger partial charge in [0.25, 0.3) is 5.92 Å². The molecule has 0 aromatic rings. The molecule has 1 heterocycles. The fourth-order valence-corrected chi connectivity index (χ4v) is 3.03. The maximum absolute atomic E-state index is 14.2. The highest BCUT2D eigenvalue weighted by atomic mass is 19.3. The Morgan fingerprint density at radius 1 is 0.800 bits per heavy atom. The van der Waals surface area contributed by atoms with E-state index in [2.05, 4.69) is 5.32 Å². The summed E-state index contributed by atoms with van der Waals surface area (Å²) in [7, 11) is 0. The van der Waals surface area contributed by atoms with Gasteiger partial charge in [-0.1, -0.05) is 19.3 Å². The fraction of sp³-hybridized carbons (Fsp3) is 1.00. The van der Waals surface area contributed by atoms with Gasteiger partial charge in [-0.2, -0.15) is 0 Å². The average molecular weight is 217 g/mol. The first-order valence-electron chi connectivity index (χ1n) is 6.30. The van der Waals surface area contributed by atoms with Crippen LogP contribution in [0.3, 0.4) is 0 Å². The minimum atomic E-state index is -2.40. The molecule has 1 nitrogen and oxygen atoms in total. The maximum Gasteiger partial charge on any atom is 0.253 e. The average Bonchev–Trinajstić information content (AvgIpc) is 2.31. The van der Waals surface area contributed by atoms with Crippen molar-refractivity contribution in [2.45, 2.75) is 50.9 Å². The number of hydrogen-bond acceptors (Lipinski definition) is 1. The lowest BCUT2D eigenvalue weighted by Crippen LogP contribution is -2.43. The van der Waals surface area contributed by atoms with Gasteiger partial charge in [0.05, 0.1) is 0 Å². The highest BCUT2D eigenvalue weighted by molar-refractivity contribution is 4.88. The summed E-state index contributed by atoms with van der Waals surface area (Å²) in [6.45, 7) is 1.54. The Balaban J connectivity index is 1.96. The van der Waals surface area contributed by atoms with Crippen molar-refractivity contribution >= 4 is 0 Å². The summed E-state index contributed by atoms with van der Waals surface area (Å²) >= 11 is 0. The monoisotopic (exact) mass is 217 g/mol. The number of piperidine rings is 1. The smallest absolute Gasteiger partial charge is 0.253 e. The molecule has 2 fully saturated rings. The summed E-state index contributed by atoms with van der Waals surface area (Å²) in [6, 6.07) is 0. The van der Waals surface area contributed by atoms with E-state index in [0.29, 0.717) is 12.8 Å². The zero-order chi connectivity index (χ0) is 10.7. The molecule has 15 heavy (non-hydrogen) atoms.